The maximum atomic E-state index is 4.81. The molecule has 4 nitrogen and oxygen atoms in total. The lowest BCUT2D eigenvalue weighted by molar-refractivity contribution is 0.826. The summed E-state index contributed by atoms with van der Waals surface area (Å²) in [4.78, 5) is 4.81. The van der Waals surface area contributed by atoms with Gasteiger partial charge in [0, 0.05) is 11.6 Å². The molecule has 26 heavy (non-hydrogen) atoms. The van der Waals surface area contributed by atoms with Crippen LogP contribution in [0.25, 0.3) is 15.9 Å². The molecule has 1 aliphatic carbocycles. The normalized spacial score (nSPS) is 15.4. The molecule has 0 aliphatic heterocycles. The summed E-state index contributed by atoms with van der Waals surface area (Å²) in [7, 11) is 0. The third-order valence-electron chi connectivity index (χ3n) is 4.56. The average Bonchev–Trinajstić information content (AvgIpc) is 3.28. The van der Waals surface area contributed by atoms with Crippen molar-refractivity contribution in [1.82, 2.24) is 19.7 Å². The van der Waals surface area contributed by atoms with Gasteiger partial charge in [0.05, 0.1) is 15.5 Å². The van der Waals surface area contributed by atoms with E-state index in [4.69, 9.17) is 4.98 Å². The second kappa shape index (κ2) is 6.52. The number of hydrogen-bond donors (Lipinski definition) is 0. The zero-order valence-corrected chi connectivity index (χ0v) is 16.0. The first kappa shape index (κ1) is 16.0. The van der Waals surface area contributed by atoms with Crippen LogP contribution in [0.2, 0.25) is 0 Å². The molecule has 2 heterocycles. The van der Waals surface area contributed by atoms with Gasteiger partial charge in [0.2, 0.25) is 0 Å². The van der Waals surface area contributed by atoms with Crippen molar-refractivity contribution >= 4 is 33.3 Å². The monoisotopic (exact) mass is 378 g/mol. The predicted molar refractivity (Wildman–Crippen MR) is 107 cm³/mol. The van der Waals surface area contributed by atoms with Crippen LogP contribution in [0.5, 0.6) is 0 Å². The fourth-order valence-corrected chi connectivity index (χ4v) is 5.11. The Morgan fingerprint density at radius 2 is 1.81 bits per heavy atom. The SMILES string of the molecule is C[C@@H](Sc1nnc(C2CC2)n1-c1ccccc1)c1nc2ccccc2s1. The van der Waals surface area contributed by atoms with E-state index in [-0.39, 0.29) is 5.25 Å². The van der Waals surface area contributed by atoms with Gasteiger partial charge in [0.15, 0.2) is 5.16 Å². The Kier molecular flexibility index (Phi) is 4.02. The van der Waals surface area contributed by atoms with E-state index in [0.717, 1.165) is 27.2 Å². The van der Waals surface area contributed by atoms with Gasteiger partial charge in [-0.15, -0.1) is 21.5 Å². The van der Waals surface area contributed by atoms with E-state index in [9.17, 15) is 0 Å². The van der Waals surface area contributed by atoms with E-state index in [1.165, 1.54) is 17.5 Å². The maximum absolute atomic E-state index is 4.81. The second-order valence-corrected chi connectivity index (χ2v) is 8.94. The van der Waals surface area contributed by atoms with Gasteiger partial charge in [-0.2, -0.15) is 0 Å². The van der Waals surface area contributed by atoms with Gasteiger partial charge in [0.1, 0.15) is 10.8 Å². The van der Waals surface area contributed by atoms with Gasteiger partial charge < -0.3 is 0 Å². The average molecular weight is 379 g/mol. The van der Waals surface area contributed by atoms with Crippen LogP contribution < -0.4 is 0 Å². The molecule has 2 aromatic carbocycles. The summed E-state index contributed by atoms with van der Waals surface area (Å²) >= 11 is 3.50. The molecule has 1 aliphatic rings. The maximum Gasteiger partial charge on any atom is 0.196 e. The van der Waals surface area contributed by atoms with Crippen LogP contribution in [0.3, 0.4) is 0 Å². The minimum absolute atomic E-state index is 0.228. The number of benzene rings is 2. The summed E-state index contributed by atoms with van der Waals surface area (Å²) in [5, 5.41) is 11.4. The number of para-hydroxylation sites is 2. The van der Waals surface area contributed by atoms with Crippen molar-refractivity contribution in [3.8, 4) is 5.69 Å². The lowest BCUT2D eigenvalue weighted by Crippen LogP contribution is -2.02. The van der Waals surface area contributed by atoms with E-state index in [0.29, 0.717) is 5.92 Å². The molecule has 0 spiro atoms. The molecule has 1 saturated carbocycles. The largest absolute Gasteiger partial charge is 0.274 e. The molecule has 6 heteroatoms. The molecule has 130 valence electrons. The lowest BCUT2D eigenvalue weighted by atomic mass is 10.3. The van der Waals surface area contributed by atoms with Crippen LogP contribution in [0.15, 0.2) is 59.8 Å². The Bertz CT molecular complexity index is 1020. The minimum Gasteiger partial charge on any atom is -0.274 e. The molecule has 1 fully saturated rings. The number of aromatic nitrogens is 4. The summed E-state index contributed by atoms with van der Waals surface area (Å²) in [6, 6.07) is 18.7. The zero-order chi connectivity index (χ0) is 17.5. The van der Waals surface area contributed by atoms with Crippen molar-refractivity contribution in [1.29, 1.82) is 0 Å². The fraction of sp³-hybridized carbons (Fsp3) is 0.250. The molecule has 5 rings (SSSR count). The van der Waals surface area contributed by atoms with Crippen molar-refractivity contribution < 1.29 is 0 Å². The van der Waals surface area contributed by atoms with Gasteiger partial charge in [0.25, 0.3) is 0 Å². The molecule has 0 saturated heterocycles. The molecule has 0 bridgehead atoms. The highest BCUT2D eigenvalue weighted by molar-refractivity contribution is 7.99. The Labute approximate surface area is 160 Å². The van der Waals surface area contributed by atoms with Crippen LogP contribution in [0, 0.1) is 0 Å². The van der Waals surface area contributed by atoms with Crippen molar-refractivity contribution in [2.24, 2.45) is 0 Å². The van der Waals surface area contributed by atoms with Crippen LogP contribution in [-0.2, 0) is 0 Å². The lowest BCUT2D eigenvalue weighted by Gasteiger charge is -2.12. The molecule has 0 radical (unpaired) electrons. The molecule has 0 amide bonds. The number of thioether (sulfide) groups is 1. The Morgan fingerprint density at radius 3 is 2.58 bits per heavy atom. The van der Waals surface area contributed by atoms with Gasteiger partial charge in [-0.1, -0.05) is 42.1 Å². The topological polar surface area (TPSA) is 43.6 Å². The van der Waals surface area contributed by atoms with E-state index in [1.54, 1.807) is 23.1 Å². The first-order valence-electron chi connectivity index (χ1n) is 8.82. The highest BCUT2D eigenvalue weighted by atomic mass is 32.2. The number of rotatable bonds is 5. The van der Waals surface area contributed by atoms with E-state index in [1.807, 2.05) is 12.1 Å². The number of hydrogen-bond acceptors (Lipinski definition) is 5. The van der Waals surface area contributed by atoms with Crippen molar-refractivity contribution in [2.75, 3.05) is 0 Å². The molecule has 2 aromatic heterocycles. The molecule has 0 N–H and O–H groups in total. The van der Waals surface area contributed by atoms with E-state index in [2.05, 4.69) is 64.2 Å². The van der Waals surface area contributed by atoms with Crippen molar-refractivity contribution in [3.05, 3.63) is 65.4 Å². The third kappa shape index (κ3) is 2.93. The standard InChI is InChI=1S/C20H18N4S2/c1-13(19-21-16-9-5-6-10-17(16)26-19)25-20-23-22-18(14-11-12-14)24(20)15-7-3-2-4-8-15/h2-10,13-14H,11-12H2,1H3/t13-/m1/s1. The summed E-state index contributed by atoms with van der Waals surface area (Å²) in [6.07, 6.45) is 2.42. The van der Waals surface area contributed by atoms with E-state index < -0.39 is 0 Å². The smallest absolute Gasteiger partial charge is 0.196 e. The number of nitrogens with zero attached hydrogens (tertiary/aromatic N) is 4. The Hall–Kier alpha value is -2.18. The van der Waals surface area contributed by atoms with Gasteiger partial charge in [-0.3, -0.25) is 4.57 Å². The minimum atomic E-state index is 0.228. The fourth-order valence-electron chi connectivity index (χ4n) is 3.06. The first-order chi connectivity index (χ1) is 12.8. The van der Waals surface area contributed by atoms with Gasteiger partial charge in [-0.05, 0) is 44.0 Å². The Balaban J connectivity index is 1.50. The van der Waals surface area contributed by atoms with Crippen molar-refractivity contribution in [3.63, 3.8) is 0 Å². The quantitative estimate of drug-likeness (QED) is 0.424. The molecule has 4 aromatic rings. The summed E-state index contributed by atoms with van der Waals surface area (Å²) in [5.41, 5.74) is 2.21. The number of fused-ring (bicyclic) bond motifs is 1. The summed E-state index contributed by atoms with van der Waals surface area (Å²) in [6.45, 7) is 2.20. The van der Waals surface area contributed by atoms with Gasteiger partial charge >= 0.3 is 0 Å². The van der Waals surface area contributed by atoms with Crippen molar-refractivity contribution in [2.45, 2.75) is 36.1 Å². The highest BCUT2D eigenvalue weighted by Gasteiger charge is 2.31. The van der Waals surface area contributed by atoms with E-state index >= 15 is 0 Å². The van der Waals surface area contributed by atoms with Crippen LogP contribution >= 0.6 is 23.1 Å². The third-order valence-corrected chi connectivity index (χ3v) is 6.98. The summed E-state index contributed by atoms with van der Waals surface area (Å²) in [5.74, 6) is 1.64. The summed E-state index contributed by atoms with van der Waals surface area (Å²) < 4.78 is 3.46. The van der Waals surface area contributed by atoms with Crippen LogP contribution in [0.4, 0.5) is 0 Å². The molecular formula is C20H18N4S2. The highest BCUT2D eigenvalue weighted by Crippen LogP contribution is 2.43. The van der Waals surface area contributed by atoms with Crippen LogP contribution in [-0.4, -0.2) is 19.7 Å². The predicted octanol–water partition coefficient (Wildman–Crippen LogP) is 5.61. The molecular weight excluding hydrogens is 360 g/mol. The Morgan fingerprint density at radius 1 is 1.04 bits per heavy atom. The molecule has 0 unspecified atom stereocenters. The zero-order valence-electron chi connectivity index (χ0n) is 14.4. The van der Waals surface area contributed by atoms with Crippen LogP contribution in [0.1, 0.15) is 41.8 Å². The van der Waals surface area contributed by atoms with Gasteiger partial charge in [-0.25, -0.2) is 4.98 Å². The second-order valence-electron chi connectivity index (χ2n) is 6.57. The first-order valence-corrected chi connectivity index (χ1v) is 10.5. The molecule has 1 atom stereocenters. The number of thiazole rings is 1.